The molecule has 3 rings (SSSR count). The molecule has 2 N–H and O–H groups in total. The van der Waals surface area contributed by atoms with Crippen molar-refractivity contribution in [3.8, 4) is 0 Å². The number of amides is 1. The minimum atomic E-state index is -3.66. The number of aryl methyl sites for hydroxylation is 2. The van der Waals surface area contributed by atoms with E-state index in [9.17, 15) is 13.2 Å². The van der Waals surface area contributed by atoms with Gasteiger partial charge in [0.05, 0.1) is 10.9 Å². The van der Waals surface area contributed by atoms with E-state index in [1.807, 2.05) is 32.9 Å². The molecule has 0 fully saturated rings. The van der Waals surface area contributed by atoms with Crippen LogP contribution in [0.5, 0.6) is 0 Å². The Bertz CT molecular complexity index is 1110. The average molecular weight is 409 g/mol. The highest BCUT2D eigenvalue weighted by molar-refractivity contribution is 7.92. The molecule has 0 aromatic heterocycles. The Morgan fingerprint density at radius 1 is 0.897 bits per heavy atom. The number of hydrogen-bond acceptors (Lipinski definition) is 3. The standard InChI is InChI=1S/C23H24N2O3S/c1-16-9-14-22(17(2)15-16)18(3)24-23(26)19-10-12-20(13-11-19)25-29(27,28)21-7-5-4-6-8-21/h4-15,18,25H,1-3H3,(H,24,26). The fourth-order valence-corrected chi connectivity index (χ4v) is 4.25. The van der Waals surface area contributed by atoms with E-state index in [1.54, 1.807) is 42.5 Å². The molecule has 3 aromatic rings. The molecule has 0 bridgehead atoms. The van der Waals surface area contributed by atoms with Gasteiger partial charge < -0.3 is 5.32 Å². The van der Waals surface area contributed by atoms with Crippen molar-refractivity contribution in [1.82, 2.24) is 5.32 Å². The molecule has 0 spiro atoms. The first-order chi connectivity index (χ1) is 13.8. The molecular formula is C23H24N2O3S. The van der Waals surface area contributed by atoms with Crippen LogP contribution in [0.4, 0.5) is 5.69 Å². The molecule has 0 aliphatic carbocycles. The van der Waals surface area contributed by atoms with Gasteiger partial charge in [-0.3, -0.25) is 9.52 Å². The van der Waals surface area contributed by atoms with Crippen LogP contribution in [-0.4, -0.2) is 14.3 Å². The number of rotatable bonds is 6. The van der Waals surface area contributed by atoms with E-state index in [2.05, 4.69) is 16.1 Å². The molecule has 0 aliphatic heterocycles. The Balaban J connectivity index is 1.69. The van der Waals surface area contributed by atoms with Crippen molar-refractivity contribution in [3.63, 3.8) is 0 Å². The van der Waals surface area contributed by atoms with E-state index in [1.165, 1.54) is 17.7 Å². The van der Waals surface area contributed by atoms with Crippen LogP contribution >= 0.6 is 0 Å². The lowest BCUT2D eigenvalue weighted by atomic mass is 10.00. The monoisotopic (exact) mass is 408 g/mol. The molecule has 0 saturated heterocycles. The van der Waals surface area contributed by atoms with Gasteiger partial charge in [0.25, 0.3) is 15.9 Å². The minimum Gasteiger partial charge on any atom is -0.346 e. The molecule has 0 aliphatic rings. The number of carbonyl (C=O) groups excluding carboxylic acids is 1. The van der Waals surface area contributed by atoms with E-state index < -0.39 is 10.0 Å². The van der Waals surface area contributed by atoms with Crippen LogP contribution in [0, 0.1) is 13.8 Å². The minimum absolute atomic E-state index is 0.139. The van der Waals surface area contributed by atoms with Gasteiger partial charge in [-0.15, -0.1) is 0 Å². The van der Waals surface area contributed by atoms with Crippen LogP contribution in [0.25, 0.3) is 0 Å². The highest BCUT2D eigenvalue weighted by Gasteiger charge is 2.15. The topological polar surface area (TPSA) is 75.3 Å². The number of nitrogens with one attached hydrogen (secondary N) is 2. The first kappa shape index (κ1) is 20.6. The maximum atomic E-state index is 12.6. The molecule has 1 atom stereocenters. The zero-order chi connectivity index (χ0) is 21.0. The van der Waals surface area contributed by atoms with E-state index in [4.69, 9.17) is 0 Å². The van der Waals surface area contributed by atoms with Crippen molar-refractivity contribution in [2.24, 2.45) is 0 Å². The molecular weight excluding hydrogens is 384 g/mol. The lowest BCUT2D eigenvalue weighted by Gasteiger charge is -2.17. The Morgan fingerprint density at radius 3 is 2.17 bits per heavy atom. The number of anilines is 1. The number of sulfonamides is 1. The van der Waals surface area contributed by atoms with Crippen LogP contribution in [-0.2, 0) is 10.0 Å². The molecule has 1 unspecified atom stereocenters. The number of carbonyl (C=O) groups is 1. The highest BCUT2D eigenvalue weighted by atomic mass is 32.2. The van der Waals surface area contributed by atoms with Gasteiger partial charge >= 0.3 is 0 Å². The quantitative estimate of drug-likeness (QED) is 0.626. The van der Waals surface area contributed by atoms with Crippen molar-refractivity contribution in [2.45, 2.75) is 31.7 Å². The van der Waals surface area contributed by atoms with Crippen LogP contribution in [0.2, 0.25) is 0 Å². The number of benzene rings is 3. The molecule has 0 radical (unpaired) electrons. The summed E-state index contributed by atoms with van der Waals surface area (Å²) in [6, 6.07) is 20.5. The second kappa shape index (κ2) is 8.49. The second-order valence-corrected chi connectivity index (χ2v) is 8.73. The smallest absolute Gasteiger partial charge is 0.261 e. The lowest BCUT2D eigenvalue weighted by molar-refractivity contribution is 0.0940. The van der Waals surface area contributed by atoms with Crippen LogP contribution < -0.4 is 10.0 Å². The van der Waals surface area contributed by atoms with E-state index >= 15 is 0 Å². The third-order valence-corrected chi connectivity index (χ3v) is 6.09. The fourth-order valence-electron chi connectivity index (χ4n) is 3.17. The summed E-state index contributed by atoms with van der Waals surface area (Å²) in [5.74, 6) is -0.213. The van der Waals surface area contributed by atoms with E-state index in [0.29, 0.717) is 11.3 Å². The molecule has 6 heteroatoms. The predicted molar refractivity (Wildman–Crippen MR) is 115 cm³/mol. The summed E-state index contributed by atoms with van der Waals surface area (Å²) in [5, 5.41) is 2.99. The van der Waals surface area contributed by atoms with Crippen molar-refractivity contribution in [2.75, 3.05) is 4.72 Å². The van der Waals surface area contributed by atoms with Gasteiger partial charge in [0, 0.05) is 11.3 Å². The van der Waals surface area contributed by atoms with Gasteiger partial charge in [-0.1, -0.05) is 42.0 Å². The summed E-state index contributed by atoms with van der Waals surface area (Å²) in [7, 11) is -3.66. The van der Waals surface area contributed by atoms with Gasteiger partial charge in [-0.05, 0) is 68.3 Å². The second-order valence-electron chi connectivity index (χ2n) is 7.05. The third-order valence-electron chi connectivity index (χ3n) is 4.69. The van der Waals surface area contributed by atoms with E-state index in [-0.39, 0.29) is 16.8 Å². The Kier molecular flexibility index (Phi) is 6.03. The SMILES string of the molecule is Cc1ccc(C(C)NC(=O)c2ccc(NS(=O)(=O)c3ccccc3)cc2)c(C)c1. The normalized spacial score (nSPS) is 12.2. The molecule has 29 heavy (non-hydrogen) atoms. The zero-order valence-corrected chi connectivity index (χ0v) is 17.5. The molecule has 1 amide bonds. The largest absolute Gasteiger partial charge is 0.346 e. The Hall–Kier alpha value is -3.12. The molecule has 5 nitrogen and oxygen atoms in total. The first-order valence-corrected chi connectivity index (χ1v) is 10.8. The molecule has 3 aromatic carbocycles. The van der Waals surface area contributed by atoms with Crippen molar-refractivity contribution in [1.29, 1.82) is 0 Å². The zero-order valence-electron chi connectivity index (χ0n) is 16.6. The third kappa shape index (κ3) is 5.03. The van der Waals surface area contributed by atoms with Gasteiger partial charge in [0.1, 0.15) is 0 Å². The molecule has 0 saturated carbocycles. The lowest BCUT2D eigenvalue weighted by Crippen LogP contribution is -2.27. The average Bonchev–Trinajstić information content (AvgIpc) is 2.68. The Morgan fingerprint density at radius 2 is 1.55 bits per heavy atom. The fraction of sp³-hybridized carbons (Fsp3) is 0.174. The maximum Gasteiger partial charge on any atom is 0.261 e. The van der Waals surface area contributed by atoms with Crippen molar-refractivity contribution >= 4 is 21.6 Å². The molecule has 0 heterocycles. The summed E-state index contributed by atoms with van der Waals surface area (Å²) < 4.78 is 27.3. The van der Waals surface area contributed by atoms with Gasteiger partial charge in [-0.2, -0.15) is 0 Å². The maximum absolute atomic E-state index is 12.6. The first-order valence-electron chi connectivity index (χ1n) is 9.32. The van der Waals surface area contributed by atoms with Gasteiger partial charge in [0.2, 0.25) is 0 Å². The summed E-state index contributed by atoms with van der Waals surface area (Å²) in [6.45, 7) is 6.00. The van der Waals surface area contributed by atoms with Crippen LogP contribution in [0.1, 0.15) is 40.0 Å². The highest BCUT2D eigenvalue weighted by Crippen LogP contribution is 2.20. The number of hydrogen-bond donors (Lipinski definition) is 2. The summed E-state index contributed by atoms with van der Waals surface area (Å²) in [6.07, 6.45) is 0. The van der Waals surface area contributed by atoms with Crippen LogP contribution in [0.15, 0.2) is 77.7 Å². The summed E-state index contributed by atoms with van der Waals surface area (Å²) >= 11 is 0. The predicted octanol–water partition coefficient (Wildman–Crippen LogP) is 4.60. The Labute approximate surface area is 171 Å². The van der Waals surface area contributed by atoms with Crippen LogP contribution in [0.3, 0.4) is 0 Å². The van der Waals surface area contributed by atoms with Crippen molar-refractivity contribution < 1.29 is 13.2 Å². The van der Waals surface area contributed by atoms with Gasteiger partial charge in [0.15, 0.2) is 0 Å². The van der Waals surface area contributed by atoms with Gasteiger partial charge in [-0.25, -0.2) is 8.42 Å². The van der Waals surface area contributed by atoms with Crippen molar-refractivity contribution in [3.05, 3.63) is 95.1 Å². The molecule has 150 valence electrons. The van der Waals surface area contributed by atoms with E-state index in [0.717, 1.165) is 11.1 Å². The summed E-state index contributed by atoms with van der Waals surface area (Å²) in [4.78, 5) is 12.8. The summed E-state index contributed by atoms with van der Waals surface area (Å²) in [5.41, 5.74) is 4.23.